The second kappa shape index (κ2) is 5.26. The Balaban J connectivity index is 2.55. The molecule has 0 atom stereocenters. The Kier molecular flexibility index (Phi) is 4.08. The summed E-state index contributed by atoms with van der Waals surface area (Å²) in [5, 5.41) is 0. The summed E-state index contributed by atoms with van der Waals surface area (Å²) in [5.74, 6) is 0. The fraction of sp³-hybridized carbons (Fsp3) is 0.600. The first-order valence-electron chi connectivity index (χ1n) is 7.06. The predicted octanol–water partition coefficient (Wildman–Crippen LogP) is 1.99. The Bertz CT molecular complexity index is 640. The topological polar surface area (TPSA) is 72.6 Å². The molecule has 1 aromatic carbocycles. The number of hydrogen-bond acceptors (Lipinski definition) is 4. The second-order valence-corrected chi connectivity index (χ2v) is 8.18. The molecule has 6 heteroatoms. The minimum atomic E-state index is -3.57. The van der Waals surface area contributed by atoms with Gasteiger partial charge in [-0.3, -0.25) is 0 Å². The van der Waals surface area contributed by atoms with Crippen LogP contribution in [0.3, 0.4) is 0 Å². The molecule has 0 spiro atoms. The lowest BCUT2D eigenvalue weighted by molar-refractivity contribution is -0.0640. The van der Waals surface area contributed by atoms with Crippen LogP contribution in [0.15, 0.2) is 11.0 Å². The van der Waals surface area contributed by atoms with E-state index in [1.54, 1.807) is 6.92 Å². The van der Waals surface area contributed by atoms with Crippen LogP contribution in [0.4, 0.5) is 5.69 Å². The molecular formula is C15H24N2O3S. The van der Waals surface area contributed by atoms with Gasteiger partial charge in [0.15, 0.2) is 0 Å². The standard InChI is InChI=1S/C15H24N2O3S/c1-10-8-13(16)12(3)14(11(10)2)21(18,19)17-6-7-20-15(4,5)9-17/h8H,6-7,9,16H2,1-5H3. The number of rotatable bonds is 2. The zero-order chi connectivity index (χ0) is 16.0. The van der Waals surface area contributed by atoms with Crippen molar-refractivity contribution in [2.45, 2.75) is 45.1 Å². The fourth-order valence-electron chi connectivity index (χ4n) is 2.74. The maximum atomic E-state index is 13.0. The van der Waals surface area contributed by atoms with Crippen LogP contribution in [0, 0.1) is 20.8 Å². The number of hydrogen-bond donors (Lipinski definition) is 1. The van der Waals surface area contributed by atoms with E-state index in [0.29, 0.717) is 35.8 Å². The lowest BCUT2D eigenvalue weighted by Crippen LogP contribution is -2.50. The van der Waals surface area contributed by atoms with Crippen molar-refractivity contribution in [1.82, 2.24) is 4.31 Å². The molecule has 0 aliphatic carbocycles. The summed E-state index contributed by atoms with van der Waals surface area (Å²) in [4.78, 5) is 0.345. The number of nitrogens with two attached hydrogens (primary N) is 1. The van der Waals surface area contributed by atoms with Crippen molar-refractivity contribution in [2.75, 3.05) is 25.4 Å². The summed E-state index contributed by atoms with van der Waals surface area (Å²) in [7, 11) is -3.57. The van der Waals surface area contributed by atoms with Crippen LogP contribution in [-0.2, 0) is 14.8 Å². The molecule has 1 aliphatic rings. The summed E-state index contributed by atoms with van der Waals surface area (Å²) in [6.07, 6.45) is 0. The zero-order valence-corrected chi connectivity index (χ0v) is 14.2. The van der Waals surface area contributed by atoms with Crippen LogP contribution < -0.4 is 5.73 Å². The molecule has 0 saturated carbocycles. The molecule has 2 N–H and O–H groups in total. The van der Waals surface area contributed by atoms with Gasteiger partial charge in [-0.25, -0.2) is 8.42 Å². The van der Waals surface area contributed by atoms with Crippen LogP contribution in [-0.4, -0.2) is 38.0 Å². The van der Waals surface area contributed by atoms with Crippen molar-refractivity contribution in [3.8, 4) is 0 Å². The highest BCUT2D eigenvalue weighted by atomic mass is 32.2. The highest BCUT2D eigenvalue weighted by molar-refractivity contribution is 7.89. The minimum absolute atomic E-state index is 0.345. The van der Waals surface area contributed by atoms with Crippen LogP contribution in [0.1, 0.15) is 30.5 Å². The van der Waals surface area contributed by atoms with Gasteiger partial charge in [0.05, 0.1) is 17.1 Å². The van der Waals surface area contributed by atoms with Gasteiger partial charge in [-0.2, -0.15) is 4.31 Å². The highest BCUT2D eigenvalue weighted by Crippen LogP contribution is 2.32. The Morgan fingerprint density at radius 1 is 1.24 bits per heavy atom. The molecule has 1 saturated heterocycles. The zero-order valence-electron chi connectivity index (χ0n) is 13.4. The quantitative estimate of drug-likeness (QED) is 0.848. The van der Waals surface area contributed by atoms with Gasteiger partial charge in [0.2, 0.25) is 10.0 Å². The number of benzene rings is 1. The second-order valence-electron chi connectivity index (χ2n) is 6.31. The van der Waals surface area contributed by atoms with Gasteiger partial charge in [0, 0.05) is 18.8 Å². The lowest BCUT2D eigenvalue weighted by Gasteiger charge is -2.37. The van der Waals surface area contributed by atoms with E-state index in [1.807, 2.05) is 33.8 Å². The summed E-state index contributed by atoms with van der Waals surface area (Å²) < 4.78 is 33.2. The molecule has 5 nitrogen and oxygen atoms in total. The largest absolute Gasteiger partial charge is 0.398 e. The van der Waals surface area contributed by atoms with Gasteiger partial charge in [-0.15, -0.1) is 0 Å². The molecule has 21 heavy (non-hydrogen) atoms. The highest BCUT2D eigenvalue weighted by Gasteiger charge is 2.36. The molecule has 0 unspecified atom stereocenters. The van der Waals surface area contributed by atoms with Crippen molar-refractivity contribution in [2.24, 2.45) is 0 Å². The number of nitrogens with zero attached hydrogens (tertiary/aromatic N) is 1. The van der Waals surface area contributed by atoms with E-state index in [2.05, 4.69) is 0 Å². The van der Waals surface area contributed by atoms with Crippen molar-refractivity contribution in [1.29, 1.82) is 0 Å². The fourth-order valence-corrected chi connectivity index (χ4v) is 4.84. The van der Waals surface area contributed by atoms with Gasteiger partial charge in [-0.1, -0.05) is 0 Å². The first-order chi connectivity index (χ1) is 9.56. The smallest absolute Gasteiger partial charge is 0.243 e. The average molecular weight is 312 g/mol. The van der Waals surface area contributed by atoms with Crippen LogP contribution in [0.5, 0.6) is 0 Å². The summed E-state index contributed by atoms with van der Waals surface area (Å²) in [5.41, 5.74) is 8.30. The number of nitrogen functional groups attached to an aromatic ring is 1. The van der Waals surface area contributed by atoms with Gasteiger partial charge in [-0.05, 0) is 57.4 Å². The molecule has 1 fully saturated rings. The third-order valence-electron chi connectivity index (χ3n) is 4.07. The van der Waals surface area contributed by atoms with E-state index in [-0.39, 0.29) is 0 Å². The molecule has 0 bridgehead atoms. The molecule has 1 heterocycles. The van der Waals surface area contributed by atoms with Crippen LogP contribution in [0.25, 0.3) is 0 Å². The average Bonchev–Trinajstić information content (AvgIpc) is 2.35. The molecule has 118 valence electrons. The molecule has 1 aliphatic heterocycles. The molecular weight excluding hydrogens is 288 g/mol. The van der Waals surface area contributed by atoms with Crippen LogP contribution >= 0.6 is 0 Å². The third kappa shape index (κ3) is 2.93. The van der Waals surface area contributed by atoms with Gasteiger partial charge < -0.3 is 10.5 Å². The van der Waals surface area contributed by atoms with Gasteiger partial charge >= 0.3 is 0 Å². The Morgan fingerprint density at radius 2 is 1.86 bits per heavy atom. The van der Waals surface area contributed by atoms with Crippen LogP contribution in [0.2, 0.25) is 0 Å². The first-order valence-corrected chi connectivity index (χ1v) is 8.50. The molecule has 0 radical (unpaired) electrons. The van der Waals surface area contributed by atoms with Crippen molar-refractivity contribution < 1.29 is 13.2 Å². The van der Waals surface area contributed by atoms with Crippen molar-refractivity contribution in [3.63, 3.8) is 0 Å². The van der Waals surface area contributed by atoms with Gasteiger partial charge in [0.25, 0.3) is 0 Å². The Labute approximate surface area is 127 Å². The van der Waals surface area contributed by atoms with E-state index >= 15 is 0 Å². The summed E-state index contributed by atoms with van der Waals surface area (Å²) in [6, 6.07) is 1.83. The minimum Gasteiger partial charge on any atom is -0.398 e. The molecule has 0 amide bonds. The molecule has 0 aromatic heterocycles. The maximum absolute atomic E-state index is 13.0. The number of anilines is 1. The maximum Gasteiger partial charge on any atom is 0.243 e. The normalized spacial score (nSPS) is 19.7. The van der Waals surface area contributed by atoms with Gasteiger partial charge in [0.1, 0.15) is 0 Å². The third-order valence-corrected chi connectivity index (χ3v) is 6.19. The van der Waals surface area contributed by atoms with E-state index in [0.717, 1.165) is 11.1 Å². The van der Waals surface area contributed by atoms with E-state index in [9.17, 15) is 8.42 Å². The monoisotopic (exact) mass is 312 g/mol. The summed E-state index contributed by atoms with van der Waals surface area (Å²) >= 11 is 0. The molecule has 1 aromatic rings. The molecule has 2 rings (SSSR count). The number of morpholine rings is 1. The lowest BCUT2D eigenvalue weighted by atomic mass is 10.1. The van der Waals surface area contributed by atoms with E-state index in [4.69, 9.17) is 10.5 Å². The first kappa shape index (κ1) is 16.3. The van der Waals surface area contributed by atoms with Crippen molar-refractivity contribution >= 4 is 15.7 Å². The Morgan fingerprint density at radius 3 is 2.43 bits per heavy atom. The van der Waals surface area contributed by atoms with Crippen molar-refractivity contribution in [3.05, 3.63) is 22.8 Å². The predicted molar refractivity (Wildman–Crippen MR) is 83.9 cm³/mol. The van der Waals surface area contributed by atoms with E-state index in [1.165, 1.54) is 4.31 Å². The Hall–Kier alpha value is -1.11. The number of ether oxygens (including phenoxy) is 1. The SMILES string of the molecule is Cc1cc(N)c(C)c(S(=O)(=O)N2CCOC(C)(C)C2)c1C. The van der Waals surface area contributed by atoms with E-state index < -0.39 is 15.6 Å². The number of sulfonamides is 1. The number of aryl methyl sites for hydroxylation is 1. The summed E-state index contributed by atoms with van der Waals surface area (Å²) in [6.45, 7) is 10.4.